The Balaban J connectivity index is 1.56. The van der Waals surface area contributed by atoms with Crippen molar-refractivity contribution in [2.75, 3.05) is 18.5 Å². The fourth-order valence-electron chi connectivity index (χ4n) is 5.55. The van der Waals surface area contributed by atoms with Gasteiger partial charge in [0.05, 0.1) is 17.4 Å². The predicted octanol–water partition coefficient (Wildman–Crippen LogP) is 5.73. The van der Waals surface area contributed by atoms with Crippen LogP contribution in [0.15, 0.2) is 53.6 Å². The quantitative estimate of drug-likeness (QED) is 0.308. The standard InChI is InChI=1S/C31H32F3N3O5S/c1-18(2)15-31(3)29(38)25(27(42-31)24-12-13-35-30(37-24)36-16-20-8-6-14-41-20)21-9-4-7-19(26(21)34)17-43(39,40)28-22(32)10-5-11-23(28)33/h4-5,7,9-13,18,20H,6,8,14-17H2,1-3H3,(H,35,36,37). The lowest BCUT2D eigenvalue weighted by Crippen LogP contribution is -2.35. The summed E-state index contributed by atoms with van der Waals surface area (Å²) < 4.78 is 82.7. The average Bonchev–Trinajstić information content (AvgIpc) is 3.55. The number of sulfone groups is 1. The molecule has 228 valence electrons. The van der Waals surface area contributed by atoms with Gasteiger partial charge in [0.15, 0.2) is 21.2 Å². The van der Waals surface area contributed by atoms with Gasteiger partial charge in [-0.15, -0.1) is 0 Å². The van der Waals surface area contributed by atoms with E-state index in [1.54, 1.807) is 6.92 Å². The molecule has 2 unspecified atom stereocenters. The summed E-state index contributed by atoms with van der Waals surface area (Å²) in [4.78, 5) is 21.6. The number of hydrogen-bond acceptors (Lipinski definition) is 8. The molecule has 2 aliphatic rings. The number of Topliss-reactive ketones (excluding diaryl/α,β-unsaturated/α-hetero) is 1. The molecule has 1 fully saturated rings. The molecule has 1 aromatic heterocycles. The first-order valence-corrected chi connectivity index (χ1v) is 15.7. The van der Waals surface area contributed by atoms with Crippen molar-refractivity contribution < 1.29 is 35.9 Å². The van der Waals surface area contributed by atoms with Crippen molar-refractivity contribution in [3.63, 3.8) is 0 Å². The van der Waals surface area contributed by atoms with Crippen LogP contribution in [0.2, 0.25) is 0 Å². The van der Waals surface area contributed by atoms with Crippen molar-refractivity contribution in [1.82, 2.24) is 9.97 Å². The number of carbonyl (C=O) groups excluding carboxylic acids is 1. The molecule has 2 aliphatic heterocycles. The van der Waals surface area contributed by atoms with Gasteiger partial charge < -0.3 is 14.8 Å². The van der Waals surface area contributed by atoms with E-state index in [2.05, 4.69) is 15.3 Å². The fourth-order valence-corrected chi connectivity index (χ4v) is 7.06. The zero-order valence-electron chi connectivity index (χ0n) is 24.0. The third-order valence-electron chi connectivity index (χ3n) is 7.38. The number of benzene rings is 2. The number of nitrogens with zero attached hydrogens (tertiary/aromatic N) is 2. The van der Waals surface area contributed by atoms with Crippen molar-refractivity contribution in [1.29, 1.82) is 0 Å². The normalized spacial score (nSPS) is 20.6. The van der Waals surface area contributed by atoms with Crippen LogP contribution in [0.5, 0.6) is 0 Å². The molecule has 3 heterocycles. The second-order valence-corrected chi connectivity index (χ2v) is 13.3. The van der Waals surface area contributed by atoms with Gasteiger partial charge in [-0.05, 0) is 50.3 Å². The van der Waals surface area contributed by atoms with E-state index in [1.807, 2.05) is 13.8 Å². The molecule has 1 N–H and O–H groups in total. The maximum Gasteiger partial charge on any atom is 0.223 e. The number of halogens is 3. The number of aromatic nitrogens is 2. The lowest BCUT2D eigenvalue weighted by atomic mass is 9.85. The highest BCUT2D eigenvalue weighted by Gasteiger charge is 2.48. The van der Waals surface area contributed by atoms with Crippen LogP contribution in [-0.2, 0) is 29.9 Å². The Labute approximate surface area is 248 Å². The van der Waals surface area contributed by atoms with Gasteiger partial charge in [-0.2, -0.15) is 0 Å². The highest BCUT2D eigenvalue weighted by molar-refractivity contribution is 7.90. The Hall–Kier alpha value is -3.77. The topological polar surface area (TPSA) is 107 Å². The van der Waals surface area contributed by atoms with Crippen LogP contribution in [0.25, 0.3) is 11.3 Å². The molecule has 0 radical (unpaired) electrons. The molecule has 1 saturated heterocycles. The zero-order valence-corrected chi connectivity index (χ0v) is 24.8. The van der Waals surface area contributed by atoms with Gasteiger partial charge in [-0.1, -0.05) is 38.1 Å². The lowest BCUT2D eigenvalue weighted by Gasteiger charge is -2.25. The molecule has 5 rings (SSSR count). The van der Waals surface area contributed by atoms with Gasteiger partial charge in [0.2, 0.25) is 11.7 Å². The highest BCUT2D eigenvalue weighted by Crippen LogP contribution is 2.44. The first-order valence-electron chi connectivity index (χ1n) is 14.0. The van der Waals surface area contributed by atoms with Crippen LogP contribution < -0.4 is 5.32 Å². The third kappa shape index (κ3) is 6.30. The van der Waals surface area contributed by atoms with Crippen molar-refractivity contribution in [3.8, 4) is 0 Å². The lowest BCUT2D eigenvalue weighted by molar-refractivity contribution is -0.127. The fraction of sp³-hybridized carbons (Fsp3) is 0.387. The van der Waals surface area contributed by atoms with Crippen molar-refractivity contribution >= 4 is 32.9 Å². The number of anilines is 1. The maximum absolute atomic E-state index is 16.2. The Kier molecular flexibility index (Phi) is 8.62. The van der Waals surface area contributed by atoms with Gasteiger partial charge in [0.1, 0.15) is 28.0 Å². The van der Waals surface area contributed by atoms with E-state index in [0.29, 0.717) is 19.6 Å². The van der Waals surface area contributed by atoms with Crippen LogP contribution in [0, 0.1) is 23.4 Å². The number of rotatable bonds is 10. The Morgan fingerprint density at radius 1 is 1.09 bits per heavy atom. The maximum atomic E-state index is 16.2. The minimum Gasteiger partial charge on any atom is -0.476 e. The number of ketones is 1. The molecule has 0 saturated carbocycles. The predicted molar refractivity (Wildman–Crippen MR) is 154 cm³/mol. The second-order valence-electron chi connectivity index (χ2n) is 11.3. The van der Waals surface area contributed by atoms with Crippen LogP contribution in [0.3, 0.4) is 0 Å². The summed E-state index contributed by atoms with van der Waals surface area (Å²) >= 11 is 0. The number of nitrogens with one attached hydrogen (secondary N) is 1. The summed E-state index contributed by atoms with van der Waals surface area (Å²) in [6, 6.07) is 8.12. The molecule has 12 heteroatoms. The molecule has 3 aromatic rings. The molecule has 43 heavy (non-hydrogen) atoms. The number of carbonyl (C=O) groups is 1. The van der Waals surface area contributed by atoms with Crippen LogP contribution >= 0.6 is 0 Å². The van der Waals surface area contributed by atoms with Crippen LogP contribution in [-0.4, -0.2) is 49.0 Å². The van der Waals surface area contributed by atoms with Gasteiger partial charge in [-0.25, -0.2) is 31.6 Å². The van der Waals surface area contributed by atoms with Gasteiger partial charge >= 0.3 is 0 Å². The molecule has 0 bridgehead atoms. The summed E-state index contributed by atoms with van der Waals surface area (Å²) in [5.41, 5.74) is -1.80. The van der Waals surface area contributed by atoms with Crippen molar-refractivity contribution in [3.05, 3.63) is 82.9 Å². The zero-order chi connectivity index (χ0) is 30.9. The molecule has 2 aromatic carbocycles. The van der Waals surface area contributed by atoms with E-state index in [0.717, 1.165) is 31.0 Å². The first-order chi connectivity index (χ1) is 20.4. The Morgan fingerprint density at radius 2 is 1.81 bits per heavy atom. The SMILES string of the molecule is CC(C)CC1(C)OC(c2ccnc(NCC3CCCO3)n2)=C(c2cccc(CS(=O)(=O)c3c(F)cccc3F)c2F)C1=O. The largest absolute Gasteiger partial charge is 0.476 e. The van der Waals surface area contributed by atoms with E-state index < -0.39 is 49.3 Å². The van der Waals surface area contributed by atoms with Crippen LogP contribution in [0.1, 0.15) is 56.9 Å². The molecular weight excluding hydrogens is 583 g/mol. The molecule has 8 nitrogen and oxygen atoms in total. The minimum atomic E-state index is -4.64. The van der Waals surface area contributed by atoms with E-state index >= 15 is 4.39 Å². The van der Waals surface area contributed by atoms with Gasteiger partial charge in [0.25, 0.3) is 0 Å². The molecular formula is C31H32F3N3O5S. The number of hydrogen-bond donors (Lipinski definition) is 1. The van der Waals surface area contributed by atoms with Crippen molar-refractivity contribution in [2.24, 2.45) is 5.92 Å². The molecule has 0 amide bonds. The number of ether oxygens (including phenoxy) is 2. The van der Waals surface area contributed by atoms with E-state index in [4.69, 9.17) is 9.47 Å². The molecule has 0 aliphatic carbocycles. The Morgan fingerprint density at radius 3 is 2.49 bits per heavy atom. The highest BCUT2D eigenvalue weighted by atomic mass is 32.2. The van der Waals surface area contributed by atoms with Crippen molar-refractivity contribution in [2.45, 2.75) is 62.4 Å². The summed E-state index contributed by atoms with van der Waals surface area (Å²) in [7, 11) is -4.64. The van der Waals surface area contributed by atoms with E-state index in [-0.39, 0.29) is 46.1 Å². The molecule has 2 atom stereocenters. The summed E-state index contributed by atoms with van der Waals surface area (Å²) in [5, 5.41) is 3.13. The summed E-state index contributed by atoms with van der Waals surface area (Å²) in [6.45, 7) is 6.63. The second kappa shape index (κ2) is 12.1. The van der Waals surface area contributed by atoms with Gasteiger partial charge in [0, 0.05) is 30.5 Å². The first kappa shape index (κ1) is 30.7. The Bertz CT molecular complexity index is 1670. The van der Waals surface area contributed by atoms with Crippen LogP contribution in [0.4, 0.5) is 19.1 Å². The summed E-state index contributed by atoms with van der Waals surface area (Å²) in [6.07, 6.45) is 3.69. The average molecular weight is 616 g/mol. The third-order valence-corrected chi connectivity index (χ3v) is 9.09. The monoisotopic (exact) mass is 615 g/mol. The van der Waals surface area contributed by atoms with E-state index in [1.165, 1.54) is 30.5 Å². The summed E-state index contributed by atoms with van der Waals surface area (Å²) in [5.74, 6) is -4.78. The molecule has 0 spiro atoms. The smallest absolute Gasteiger partial charge is 0.223 e. The van der Waals surface area contributed by atoms with E-state index in [9.17, 15) is 22.0 Å². The minimum absolute atomic E-state index is 0.0200. The van der Waals surface area contributed by atoms with Gasteiger partial charge in [-0.3, -0.25) is 4.79 Å².